The van der Waals surface area contributed by atoms with Crippen LogP contribution in [0.4, 0.5) is 0 Å². The highest BCUT2D eigenvalue weighted by Gasteiger charge is 2.08. The first kappa shape index (κ1) is 13.5. The van der Waals surface area contributed by atoms with Crippen LogP contribution in [0.15, 0.2) is 42.9 Å². The largest absolute Gasteiger partial charge is 0.320 e. The number of hydrogen-bond acceptors (Lipinski definition) is 4. The van der Waals surface area contributed by atoms with Gasteiger partial charge in [0.2, 0.25) is 0 Å². The molecule has 6 nitrogen and oxygen atoms in total. The molecule has 0 spiro atoms. The third-order valence-corrected chi connectivity index (χ3v) is 3.42. The first-order chi connectivity index (χ1) is 10.3. The Bertz CT molecular complexity index is 713. The van der Waals surface area contributed by atoms with E-state index in [-0.39, 0.29) is 0 Å². The van der Waals surface area contributed by atoms with Crippen LogP contribution in [0, 0.1) is 6.92 Å². The van der Waals surface area contributed by atoms with Crippen LogP contribution in [-0.4, -0.2) is 24.3 Å². The van der Waals surface area contributed by atoms with Crippen molar-refractivity contribution in [3.8, 4) is 5.69 Å². The zero-order valence-corrected chi connectivity index (χ0v) is 12.2. The second-order valence-electron chi connectivity index (χ2n) is 4.93. The van der Waals surface area contributed by atoms with Gasteiger partial charge in [-0.2, -0.15) is 0 Å². The molecule has 0 aliphatic carbocycles. The molecular weight excluding hydrogens is 264 g/mol. The van der Waals surface area contributed by atoms with E-state index in [0.717, 1.165) is 29.6 Å². The maximum atomic E-state index is 4.42. The van der Waals surface area contributed by atoms with E-state index in [9.17, 15) is 0 Å². The van der Waals surface area contributed by atoms with E-state index >= 15 is 0 Å². The number of aryl methyl sites for hydroxylation is 2. The Morgan fingerprint density at radius 3 is 2.67 bits per heavy atom. The minimum atomic E-state index is 0.676. The summed E-state index contributed by atoms with van der Waals surface area (Å²) in [4.78, 5) is 4.42. The molecule has 3 rings (SSSR count). The summed E-state index contributed by atoms with van der Waals surface area (Å²) < 4.78 is 4.07. The van der Waals surface area contributed by atoms with Crippen molar-refractivity contribution < 1.29 is 0 Å². The van der Waals surface area contributed by atoms with Gasteiger partial charge in [0.1, 0.15) is 18.0 Å². The number of aromatic nitrogens is 5. The minimum absolute atomic E-state index is 0.676. The van der Waals surface area contributed by atoms with Crippen molar-refractivity contribution in [3.63, 3.8) is 0 Å². The molecule has 2 aromatic heterocycles. The minimum Gasteiger partial charge on any atom is -0.320 e. The standard InChI is InChI=1S/C15H18N6/c1-12-17-9-14(21(12)13-6-4-3-5-7-13)8-16-10-15-19-18-11-20(15)2/h3-7,9,11,16H,8,10H2,1-2H3. The monoisotopic (exact) mass is 282 g/mol. The summed E-state index contributed by atoms with van der Waals surface area (Å²) >= 11 is 0. The molecule has 3 aromatic rings. The van der Waals surface area contributed by atoms with Crippen LogP contribution in [-0.2, 0) is 20.1 Å². The molecule has 0 bridgehead atoms. The van der Waals surface area contributed by atoms with Crippen molar-refractivity contribution in [3.05, 3.63) is 60.2 Å². The summed E-state index contributed by atoms with van der Waals surface area (Å²) in [5, 5.41) is 11.3. The summed E-state index contributed by atoms with van der Waals surface area (Å²) in [7, 11) is 1.94. The van der Waals surface area contributed by atoms with Crippen LogP contribution in [0.1, 0.15) is 17.3 Å². The quantitative estimate of drug-likeness (QED) is 0.772. The molecule has 21 heavy (non-hydrogen) atoms. The predicted molar refractivity (Wildman–Crippen MR) is 79.8 cm³/mol. The van der Waals surface area contributed by atoms with Gasteiger partial charge in [-0.1, -0.05) is 18.2 Å². The lowest BCUT2D eigenvalue weighted by Gasteiger charge is -2.11. The number of para-hydroxylation sites is 1. The van der Waals surface area contributed by atoms with E-state index in [4.69, 9.17) is 0 Å². The molecular formula is C15H18N6. The van der Waals surface area contributed by atoms with Gasteiger partial charge in [-0.3, -0.25) is 4.57 Å². The summed E-state index contributed by atoms with van der Waals surface area (Å²) in [6.45, 7) is 3.41. The van der Waals surface area contributed by atoms with Crippen LogP contribution >= 0.6 is 0 Å². The number of rotatable bonds is 5. The second-order valence-corrected chi connectivity index (χ2v) is 4.93. The van der Waals surface area contributed by atoms with E-state index in [2.05, 4.69) is 37.2 Å². The Labute approximate surface area is 123 Å². The predicted octanol–water partition coefficient (Wildman–Crippen LogP) is 1.60. The van der Waals surface area contributed by atoms with Crippen LogP contribution in [0.3, 0.4) is 0 Å². The van der Waals surface area contributed by atoms with Crippen LogP contribution in [0.5, 0.6) is 0 Å². The summed E-state index contributed by atoms with van der Waals surface area (Å²) in [5.74, 6) is 1.90. The van der Waals surface area contributed by atoms with Crippen molar-refractivity contribution in [1.82, 2.24) is 29.6 Å². The third kappa shape index (κ3) is 2.85. The van der Waals surface area contributed by atoms with E-state index < -0.39 is 0 Å². The maximum Gasteiger partial charge on any atom is 0.146 e. The Hall–Kier alpha value is -2.47. The summed E-state index contributed by atoms with van der Waals surface area (Å²) in [6.07, 6.45) is 3.61. The van der Waals surface area contributed by atoms with Crippen molar-refractivity contribution in [2.24, 2.45) is 7.05 Å². The van der Waals surface area contributed by atoms with E-state index in [0.29, 0.717) is 6.54 Å². The molecule has 108 valence electrons. The zero-order valence-electron chi connectivity index (χ0n) is 12.2. The lowest BCUT2D eigenvalue weighted by atomic mass is 10.3. The molecule has 2 heterocycles. The topological polar surface area (TPSA) is 60.6 Å². The number of hydrogen-bond donors (Lipinski definition) is 1. The Kier molecular flexibility index (Phi) is 3.79. The molecule has 0 saturated heterocycles. The van der Waals surface area contributed by atoms with Gasteiger partial charge in [0.15, 0.2) is 0 Å². The number of nitrogens with one attached hydrogen (secondary N) is 1. The highest BCUT2D eigenvalue weighted by Crippen LogP contribution is 2.14. The molecule has 0 saturated carbocycles. The third-order valence-electron chi connectivity index (χ3n) is 3.42. The fourth-order valence-corrected chi connectivity index (χ4v) is 2.32. The van der Waals surface area contributed by atoms with Gasteiger partial charge in [-0.05, 0) is 19.1 Å². The number of imidazole rings is 1. The molecule has 6 heteroatoms. The fraction of sp³-hybridized carbons (Fsp3) is 0.267. The molecule has 0 aliphatic rings. The normalized spacial score (nSPS) is 11.0. The van der Waals surface area contributed by atoms with Gasteiger partial charge in [-0.25, -0.2) is 4.98 Å². The van der Waals surface area contributed by atoms with Crippen molar-refractivity contribution >= 4 is 0 Å². The van der Waals surface area contributed by atoms with E-state index in [1.165, 1.54) is 0 Å². The van der Waals surface area contributed by atoms with Crippen molar-refractivity contribution in [2.45, 2.75) is 20.0 Å². The lowest BCUT2D eigenvalue weighted by Crippen LogP contribution is -2.18. The SMILES string of the molecule is Cc1ncc(CNCc2nncn2C)n1-c1ccccc1. The Morgan fingerprint density at radius 2 is 1.95 bits per heavy atom. The lowest BCUT2D eigenvalue weighted by molar-refractivity contribution is 0.622. The molecule has 0 unspecified atom stereocenters. The zero-order chi connectivity index (χ0) is 14.7. The van der Waals surface area contributed by atoms with Gasteiger partial charge in [-0.15, -0.1) is 10.2 Å². The highest BCUT2D eigenvalue weighted by molar-refractivity contribution is 5.35. The van der Waals surface area contributed by atoms with Crippen LogP contribution in [0.25, 0.3) is 5.69 Å². The highest BCUT2D eigenvalue weighted by atomic mass is 15.3. The average Bonchev–Trinajstić information content (AvgIpc) is 3.07. The van der Waals surface area contributed by atoms with Crippen LogP contribution < -0.4 is 5.32 Å². The van der Waals surface area contributed by atoms with Gasteiger partial charge in [0.05, 0.1) is 18.4 Å². The smallest absolute Gasteiger partial charge is 0.146 e. The molecule has 1 N–H and O–H groups in total. The number of nitrogens with zero attached hydrogens (tertiary/aromatic N) is 5. The average molecular weight is 282 g/mol. The molecule has 1 aromatic carbocycles. The first-order valence-corrected chi connectivity index (χ1v) is 6.88. The Balaban J connectivity index is 1.73. The van der Waals surface area contributed by atoms with Crippen LogP contribution in [0.2, 0.25) is 0 Å². The number of benzene rings is 1. The van der Waals surface area contributed by atoms with Gasteiger partial charge >= 0.3 is 0 Å². The van der Waals surface area contributed by atoms with Gasteiger partial charge in [0, 0.05) is 19.3 Å². The van der Waals surface area contributed by atoms with E-state index in [1.54, 1.807) is 6.33 Å². The fourth-order valence-electron chi connectivity index (χ4n) is 2.32. The molecule has 0 fully saturated rings. The van der Waals surface area contributed by atoms with Crippen molar-refractivity contribution in [1.29, 1.82) is 0 Å². The molecule has 0 atom stereocenters. The van der Waals surface area contributed by atoms with Gasteiger partial charge in [0.25, 0.3) is 0 Å². The Morgan fingerprint density at radius 1 is 1.14 bits per heavy atom. The molecule has 0 aliphatic heterocycles. The molecule has 0 amide bonds. The summed E-state index contributed by atoms with van der Waals surface area (Å²) in [5.41, 5.74) is 2.25. The summed E-state index contributed by atoms with van der Waals surface area (Å²) in [6, 6.07) is 10.3. The van der Waals surface area contributed by atoms with Crippen molar-refractivity contribution in [2.75, 3.05) is 0 Å². The first-order valence-electron chi connectivity index (χ1n) is 6.88. The molecule has 0 radical (unpaired) electrons. The maximum absolute atomic E-state index is 4.42. The van der Waals surface area contributed by atoms with Gasteiger partial charge < -0.3 is 9.88 Å². The second kappa shape index (κ2) is 5.88. The van der Waals surface area contributed by atoms with E-state index in [1.807, 2.05) is 42.9 Å².